The highest BCUT2D eigenvalue weighted by Crippen LogP contribution is 2.34. The molecule has 2 aromatic rings. The molecule has 1 aliphatic carbocycles. The molecule has 0 unspecified atom stereocenters. The summed E-state index contributed by atoms with van der Waals surface area (Å²) in [6.45, 7) is 2.17. The number of carbonyl (C=O) groups is 1. The van der Waals surface area contributed by atoms with Gasteiger partial charge >= 0.3 is 0 Å². The van der Waals surface area contributed by atoms with E-state index in [-0.39, 0.29) is 11.9 Å². The molecule has 0 aromatic carbocycles. The first kappa shape index (κ1) is 16.1. The molecule has 7 nitrogen and oxygen atoms in total. The minimum atomic E-state index is -0.217. The fourth-order valence-corrected chi connectivity index (χ4v) is 3.03. The van der Waals surface area contributed by atoms with Crippen LogP contribution >= 0.6 is 0 Å². The lowest BCUT2D eigenvalue weighted by Gasteiger charge is -2.34. The van der Waals surface area contributed by atoms with Crippen LogP contribution in [-0.2, 0) is 16.1 Å². The van der Waals surface area contributed by atoms with Gasteiger partial charge in [0.25, 0.3) is 0 Å². The third-order valence-corrected chi connectivity index (χ3v) is 4.61. The van der Waals surface area contributed by atoms with Gasteiger partial charge in [0.05, 0.1) is 26.0 Å². The van der Waals surface area contributed by atoms with Crippen molar-refractivity contribution in [2.75, 3.05) is 25.1 Å². The molecule has 2 fully saturated rings. The highest BCUT2D eigenvalue weighted by atomic mass is 16.5. The van der Waals surface area contributed by atoms with Crippen molar-refractivity contribution in [3.05, 3.63) is 42.2 Å². The van der Waals surface area contributed by atoms with Crippen molar-refractivity contribution >= 4 is 11.7 Å². The maximum absolute atomic E-state index is 12.6. The second-order valence-corrected chi connectivity index (χ2v) is 6.56. The van der Waals surface area contributed by atoms with Crippen LogP contribution in [0.2, 0.25) is 0 Å². The SMILES string of the molecule is O=C(CC1CC1)N1CCOC[C@@H]1c1nccc(NCc2ccco2)n1. The van der Waals surface area contributed by atoms with Crippen molar-refractivity contribution in [2.24, 2.45) is 5.92 Å². The Kier molecular flexibility index (Phi) is 4.65. The van der Waals surface area contributed by atoms with E-state index in [0.717, 1.165) is 5.76 Å². The summed E-state index contributed by atoms with van der Waals surface area (Å²) in [6.07, 6.45) is 6.33. The van der Waals surface area contributed by atoms with Crippen LogP contribution in [0.3, 0.4) is 0 Å². The largest absolute Gasteiger partial charge is 0.467 e. The Labute approximate surface area is 146 Å². The van der Waals surface area contributed by atoms with Gasteiger partial charge in [0, 0.05) is 19.2 Å². The summed E-state index contributed by atoms with van der Waals surface area (Å²) in [5, 5.41) is 3.22. The molecule has 2 aromatic heterocycles. The van der Waals surface area contributed by atoms with E-state index in [4.69, 9.17) is 9.15 Å². The van der Waals surface area contributed by atoms with Crippen molar-refractivity contribution in [2.45, 2.75) is 31.8 Å². The molecule has 1 saturated carbocycles. The van der Waals surface area contributed by atoms with Gasteiger partial charge in [-0.05, 0) is 37.0 Å². The fraction of sp³-hybridized carbons (Fsp3) is 0.500. The highest BCUT2D eigenvalue weighted by Gasteiger charge is 2.34. The Morgan fingerprint density at radius 3 is 3.08 bits per heavy atom. The molecule has 132 valence electrons. The van der Waals surface area contributed by atoms with Crippen LogP contribution in [0, 0.1) is 5.92 Å². The molecule has 0 radical (unpaired) electrons. The predicted molar refractivity (Wildman–Crippen MR) is 90.7 cm³/mol. The van der Waals surface area contributed by atoms with Gasteiger partial charge in [0.15, 0.2) is 5.82 Å². The van der Waals surface area contributed by atoms with E-state index >= 15 is 0 Å². The summed E-state index contributed by atoms with van der Waals surface area (Å²) in [7, 11) is 0. The Hall–Kier alpha value is -2.41. The zero-order valence-corrected chi connectivity index (χ0v) is 14.1. The Bertz CT molecular complexity index is 715. The predicted octanol–water partition coefficient (Wildman–Crippen LogP) is 2.38. The smallest absolute Gasteiger partial charge is 0.223 e. The van der Waals surface area contributed by atoms with Crippen LogP contribution in [0.15, 0.2) is 35.1 Å². The standard InChI is InChI=1S/C18H22N4O3/c23-17(10-13-3-4-13)22-7-9-24-12-15(22)18-19-6-5-16(21-18)20-11-14-2-1-8-25-14/h1-2,5-6,8,13,15H,3-4,7,9-12H2,(H,19,20,21)/t15-/m1/s1. The number of amides is 1. The van der Waals surface area contributed by atoms with Gasteiger partial charge in [0.1, 0.15) is 17.6 Å². The van der Waals surface area contributed by atoms with Gasteiger partial charge in [-0.2, -0.15) is 0 Å². The van der Waals surface area contributed by atoms with Crippen molar-refractivity contribution in [1.82, 2.24) is 14.9 Å². The van der Waals surface area contributed by atoms with E-state index in [2.05, 4.69) is 15.3 Å². The Balaban J connectivity index is 1.46. The normalized spacial score (nSPS) is 20.5. The third kappa shape index (κ3) is 3.99. The second kappa shape index (κ2) is 7.23. The summed E-state index contributed by atoms with van der Waals surface area (Å²) >= 11 is 0. The van der Waals surface area contributed by atoms with Gasteiger partial charge in [-0.25, -0.2) is 9.97 Å². The summed E-state index contributed by atoms with van der Waals surface area (Å²) in [5.41, 5.74) is 0. The first-order valence-corrected chi connectivity index (χ1v) is 8.76. The first-order valence-electron chi connectivity index (χ1n) is 8.76. The van der Waals surface area contributed by atoms with Crippen molar-refractivity contribution in [1.29, 1.82) is 0 Å². The van der Waals surface area contributed by atoms with Crippen LogP contribution in [0.5, 0.6) is 0 Å². The molecule has 1 amide bonds. The zero-order valence-electron chi connectivity index (χ0n) is 14.1. The third-order valence-electron chi connectivity index (χ3n) is 4.61. The van der Waals surface area contributed by atoms with Crippen molar-refractivity contribution in [3.63, 3.8) is 0 Å². The molecule has 3 heterocycles. The molecular formula is C18H22N4O3. The minimum absolute atomic E-state index is 0.188. The molecule has 1 N–H and O–H groups in total. The van der Waals surface area contributed by atoms with Gasteiger partial charge in [-0.3, -0.25) is 4.79 Å². The molecule has 2 aliphatic rings. The van der Waals surface area contributed by atoms with E-state index < -0.39 is 0 Å². The van der Waals surface area contributed by atoms with E-state index in [9.17, 15) is 4.79 Å². The lowest BCUT2D eigenvalue weighted by molar-refractivity contribution is -0.140. The zero-order chi connectivity index (χ0) is 17.1. The number of aromatic nitrogens is 2. The Morgan fingerprint density at radius 2 is 2.28 bits per heavy atom. The molecule has 4 rings (SSSR count). The van der Waals surface area contributed by atoms with Gasteiger partial charge in [-0.15, -0.1) is 0 Å². The van der Waals surface area contributed by atoms with Crippen LogP contribution in [0.1, 0.15) is 36.9 Å². The number of hydrogen-bond acceptors (Lipinski definition) is 6. The quantitative estimate of drug-likeness (QED) is 0.868. The lowest BCUT2D eigenvalue weighted by Crippen LogP contribution is -2.44. The minimum Gasteiger partial charge on any atom is -0.467 e. The molecule has 25 heavy (non-hydrogen) atoms. The molecular weight excluding hydrogens is 320 g/mol. The topological polar surface area (TPSA) is 80.5 Å². The van der Waals surface area contributed by atoms with Gasteiger partial charge in [0.2, 0.25) is 5.91 Å². The monoisotopic (exact) mass is 342 g/mol. The lowest BCUT2D eigenvalue weighted by atomic mass is 10.1. The number of hydrogen-bond donors (Lipinski definition) is 1. The average molecular weight is 342 g/mol. The maximum Gasteiger partial charge on any atom is 0.223 e. The number of rotatable bonds is 6. The van der Waals surface area contributed by atoms with Crippen LogP contribution in [-0.4, -0.2) is 40.5 Å². The number of anilines is 1. The van der Waals surface area contributed by atoms with E-state index in [1.807, 2.05) is 23.1 Å². The number of furan rings is 1. The van der Waals surface area contributed by atoms with E-state index in [1.165, 1.54) is 12.8 Å². The number of carbonyl (C=O) groups excluding carboxylic acids is 1. The molecule has 1 saturated heterocycles. The number of morpholine rings is 1. The summed E-state index contributed by atoms with van der Waals surface area (Å²) in [6, 6.07) is 5.35. The van der Waals surface area contributed by atoms with Crippen LogP contribution in [0.25, 0.3) is 0 Å². The molecule has 7 heteroatoms. The summed E-state index contributed by atoms with van der Waals surface area (Å²) < 4.78 is 10.9. The Morgan fingerprint density at radius 1 is 1.36 bits per heavy atom. The molecule has 0 bridgehead atoms. The van der Waals surface area contributed by atoms with E-state index in [0.29, 0.717) is 50.3 Å². The molecule has 1 atom stereocenters. The number of nitrogens with one attached hydrogen (secondary N) is 1. The fourth-order valence-electron chi connectivity index (χ4n) is 3.03. The second-order valence-electron chi connectivity index (χ2n) is 6.56. The average Bonchev–Trinajstić information content (AvgIpc) is 3.31. The van der Waals surface area contributed by atoms with Gasteiger partial charge < -0.3 is 19.4 Å². The van der Waals surface area contributed by atoms with Crippen molar-refractivity contribution in [3.8, 4) is 0 Å². The van der Waals surface area contributed by atoms with E-state index in [1.54, 1.807) is 12.5 Å². The maximum atomic E-state index is 12.6. The number of nitrogens with zero attached hydrogens (tertiary/aromatic N) is 3. The van der Waals surface area contributed by atoms with Gasteiger partial charge in [-0.1, -0.05) is 0 Å². The van der Waals surface area contributed by atoms with Crippen LogP contribution in [0.4, 0.5) is 5.82 Å². The number of ether oxygens (including phenoxy) is 1. The summed E-state index contributed by atoms with van der Waals surface area (Å²) in [4.78, 5) is 23.4. The van der Waals surface area contributed by atoms with Crippen molar-refractivity contribution < 1.29 is 13.9 Å². The highest BCUT2D eigenvalue weighted by molar-refractivity contribution is 5.77. The molecule has 0 spiro atoms. The first-order chi connectivity index (χ1) is 12.3. The summed E-state index contributed by atoms with van der Waals surface area (Å²) in [5.74, 6) is 2.92. The molecule has 1 aliphatic heterocycles. The van der Waals surface area contributed by atoms with Crippen LogP contribution < -0.4 is 5.32 Å².